The Morgan fingerprint density at radius 1 is 1.20 bits per heavy atom. The van der Waals surface area contributed by atoms with Crippen molar-refractivity contribution in [2.24, 2.45) is 0 Å². The lowest BCUT2D eigenvalue weighted by atomic mass is 10.1. The molecule has 0 N–H and O–H groups in total. The number of halogens is 1. The van der Waals surface area contributed by atoms with E-state index in [0.717, 1.165) is 5.92 Å². The van der Waals surface area contributed by atoms with E-state index in [4.69, 9.17) is 0 Å². The van der Waals surface area contributed by atoms with Crippen LogP contribution in [-0.2, 0) is 0 Å². The SMILES string of the molecule is Ic1ccc(C2[CH]C2)cc1. The molecule has 0 spiro atoms. The van der Waals surface area contributed by atoms with E-state index in [1.54, 1.807) is 0 Å². The topological polar surface area (TPSA) is 0 Å². The summed E-state index contributed by atoms with van der Waals surface area (Å²) in [6, 6.07) is 8.77. The molecule has 1 atom stereocenters. The van der Waals surface area contributed by atoms with Crippen molar-refractivity contribution in [1.29, 1.82) is 0 Å². The first-order valence-corrected chi connectivity index (χ1v) is 4.53. The molecule has 1 aliphatic rings. The van der Waals surface area contributed by atoms with Crippen LogP contribution in [0.15, 0.2) is 24.3 Å². The highest BCUT2D eigenvalue weighted by molar-refractivity contribution is 14.1. The van der Waals surface area contributed by atoms with Gasteiger partial charge in [0, 0.05) is 3.57 Å². The molecule has 1 fully saturated rings. The lowest BCUT2D eigenvalue weighted by Gasteiger charge is -1.95. The van der Waals surface area contributed by atoms with E-state index in [0.29, 0.717) is 0 Å². The summed E-state index contributed by atoms with van der Waals surface area (Å²) in [6.07, 6.45) is 3.61. The van der Waals surface area contributed by atoms with Gasteiger partial charge in [0.05, 0.1) is 0 Å². The van der Waals surface area contributed by atoms with Gasteiger partial charge >= 0.3 is 0 Å². The minimum absolute atomic E-state index is 0.775. The van der Waals surface area contributed by atoms with Crippen LogP contribution < -0.4 is 0 Å². The first-order valence-electron chi connectivity index (χ1n) is 3.45. The van der Waals surface area contributed by atoms with E-state index < -0.39 is 0 Å². The molecular formula is C9H8I. The molecule has 0 nitrogen and oxygen atoms in total. The van der Waals surface area contributed by atoms with Gasteiger partial charge in [0.1, 0.15) is 0 Å². The molecule has 0 heterocycles. The van der Waals surface area contributed by atoms with Crippen molar-refractivity contribution < 1.29 is 0 Å². The highest BCUT2D eigenvalue weighted by atomic mass is 127. The Hall–Kier alpha value is -0.0500. The van der Waals surface area contributed by atoms with Gasteiger partial charge in [0.15, 0.2) is 0 Å². The molecule has 1 unspecified atom stereocenters. The maximum Gasteiger partial charge on any atom is 0.0130 e. The summed E-state index contributed by atoms with van der Waals surface area (Å²) in [5.41, 5.74) is 1.47. The number of hydrogen-bond acceptors (Lipinski definition) is 0. The average molecular weight is 243 g/mol. The van der Waals surface area contributed by atoms with Crippen molar-refractivity contribution in [3.63, 3.8) is 0 Å². The summed E-state index contributed by atoms with van der Waals surface area (Å²) in [4.78, 5) is 0. The average Bonchev–Trinajstić information content (AvgIpc) is 2.71. The molecule has 1 saturated carbocycles. The summed E-state index contributed by atoms with van der Waals surface area (Å²) in [6.45, 7) is 0. The minimum Gasteiger partial charge on any atom is -0.0577 e. The van der Waals surface area contributed by atoms with E-state index in [9.17, 15) is 0 Å². The Kier molecular flexibility index (Phi) is 1.68. The molecular weight excluding hydrogens is 235 g/mol. The Bertz CT molecular complexity index is 221. The molecule has 1 radical (unpaired) electrons. The van der Waals surface area contributed by atoms with Crippen molar-refractivity contribution in [2.75, 3.05) is 0 Å². The molecule has 1 heteroatoms. The Morgan fingerprint density at radius 2 is 1.80 bits per heavy atom. The van der Waals surface area contributed by atoms with Gasteiger partial charge in [-0.3, -0.25) is 0 Å². The van der Waals surface area contributed by atoms with Gasteiger partial charge in [0.25, 0.3) is 0 Å². The first kappa shape index (κ1) is 6.65. The second kappa shape index (κ2) is 2.53. The summed E-state index contributed by atoms with van der Waals surface area (Å²) in [7, 11) is 0. The second-order valence-electron chi connectivity index (χ2n) is 2.63. The van der Waals surface area contributed by atoms with Gasteiger partial charge in [-0.15, -0.1) is 0 Å². The van der Waals surface area contributed by atoms with Crippen LogP contribution in [0, 0.1) is 9.99 Å². The Balaban J connectivity index is 2.28. The minimum atomic E-state index is 0.775. The van der Waals surface area contributed by atoms with Crippen LogP contribution in [0.4, 0.5) is 0 Å². The summed E-state index contributed by atoms with van der Waals surface area (Å²) >= 11 is 2.33. The Morgan fingerprint density at radius 3 is 2.30 bits per heavy atom. The summed E-state index contributed by atoms with van der Waals surface area (Å²) < 4.78 is 1.32. The van der Waals surface area contributed by atoms with Gasteiger partial charge in [-0.1, -0.05) is 12.1 Å². The molecule has 0 aromatic heterocycles. The quantitative estimate of drug-likeness (QED) is 0.665. The zero-order chi connectivity index (χ0) is 6.97. The van der Waals surface area contributed by atoms with Crippen LogP contribution in [0.1, 0.15) is 17.9 Å². The number of hydrogen-bond donors (Lipinski definition) is 0. The summed E-state index contributed by atoms with van der Waals surface area (Å²) in [5.74, 6) is 0.775. The molecule has 2 rings (SSSR count). The van der Waals surface area contributed by atoms with Crippen LogP contribution in [0.3, 0.4) is 0 Å². The van der Waals surface area contributed by atoms with Crippen molar-refractivity contribution >= 4 is 22.6 Å². The van der Waals surface area contributed by atoms with Gasteiger partial charge in [-0.25, -0.2) is 0 Å². The lowest BCUT2D eigenvalue weighted by Crippen LogP contribution is -1.77. The van der Waals surface area contributed by atoms with E-state index >= 15 is 0 Å². The molecule has 1 aromatic rings. The van der Waals surface area contributed by atoms with Crippen molar-refractivity contribution in [3.8, 4) is 0 Å². The Labute approximate surface area is 74.8 Å². The zero-order valence-corrected chi connectivity index (χ0v) is 7.71. The van der Waals surface area contributed by atoms with Crippen molar-refractivity contribution in [2.45, 2.75) is 12.3 Å². The molecule has 51 valence electrons. The fourth-order valence-corrected chi connectivity index (χ4v) is 1.41. The molecule has 0 amide bonds. The molecule has 0 saturated heterocycles. The predicted octanol–water partition coefficient (Wildman–Crippen LogP) is 2.98. The highest BCUT2D eigenvalue weighted by Crippen LogP contribution is 2.38. The van der Waals surface area contributed by atoms with Gasteiger partial charge in [0.2, 0.25) is 0 Å². The molecule has 1 aromatic carbocycles. The first-order chi connectivity index (χ1) is 4.86. The van der Waals surface area contributed by atoms with E-state index in [-0.39, 0.29) is 0 Å². The lowest BCUT2D eigenvalue weighted by molar-refractivity contribution is 1.16. The number of benzene rings is 1. The van der Waals surface area contributed by atoms with Gasteiger partial charge < -0.3 is 0 Å². The third-order valence-electron chi connectivity index (χ3n) is 1.77. The summed E-state index contributed by atoms with van der Waals surface area (Å²) in [5, 5.41) is 0. The van der Waals surface area contributed by atoms with Gasteiger partial charge in [-0.2, -0.15) is 0 Å². The van der Waals surface area contributed by atoms with Gasteiger partial charge in [-0.05, 0) is 59.0 Å². The van der Waals surface area contributed by atoms with E-state index in [1.165, 1.54) is 15.6 Å². The number of rotatable bonds is 1. The molecule has 1 aliphatic carbocycles. The monoisotopic (exact) mass is 243 g/mol. The molecule has 10 heavy (non-hydrogen) atoms. The van der Waals surface area contributed by atoms with Crippen LogP contribution in [0.5, 0.6) is 0 Å². The maximum atomic E-state index is 2.34. The molecule has 0 aliphatic heterocycles. The van der Waals surface area contributed by atoms with Crippen LogP contribution >= 0.6 is 22.6 Å². The standard InChI is InChI=1S/C9H8I/c10-9-5-3-8(4-6-9)7-1-2-7/h1,3-7H,2H2. The predicted molar refractivity (Wildman–Crippen MR) is 50.8 cm³/mol. The van der Waals surface area contributed by atoms with Crippen molar-refractivity contribution in [1.82, 2.24) is 0 Å². The fourth-order valence-electron chi connectivity index (χ4n) is 1.05. The second-order valence-corrected chi connectivity index (χ2v) is 3.88. The molecule has 0 bridgehead atoms. The van der Waals surface area contributed by atoms with Crippen LogP contribution in [0.25, 0.3) is 0 Å². The third kappa shape index (κ3) is 1.34. The zero-order valence-electron chi connectivity index (χ0n) is 5.55. The highest BCUT2D eigenvalue weighted by Gasteiger charge is 2.23. The largest absolute Gasteiger partial charge is 0.0577 e. The van der Waals surface area contributed by atoms with E-state index in [2.05, 4.69) is 53.3 Å². The van der Waals surface area contributed by atoms with E-state index in [1.807, 2.05) is 0 Å². The van der Waals surface area contributed by atoms with Crippen LogP contribution in [0.2, 0.25) is 0 Å². The van der Waals surface area contributed by atoms with Crippen molar-refractivity contribution in [3.05, 3.63) is 39.8 Å². The third-order valence-corrected chi connectivity index (χ3v) is 2.49. The normalized spacial score (nSPS) is 17.3. The van der Waals surface area contributed by atoms with Crippen LogP contribution in [-0.4, -0.2) is 0 Å². The maximum absolute atomic E-state index is 2.34. The fraction of sp³-hybridized carbons (Fsp3) is 0.222. The smallest absolute Gasteiger partial charge is 0.0130 e.